The summed E-state index contributed by atoms with van der Waals surface area (Å²) in [5.41, 5.74) is -1.66. The zero-order valence-electron chi connectivity index (χ0n) is 13.9. The fourth-order valence-electron chi connectivity index (χ4n) is 2.90. The number of hydrogen-bond acceptors (Lipinski definition) is 8. The molecule has 0 spiro atoms. The van der Waals surface area contributed by atoms with Gasteiger partial charge in [-0.3, -0.25) is 9.59 Å². The lowest BCUT2D eigenvalue weighted by molar-refractivity contribution is -0.157. The van der Waals surface area contributed by atoms with Gasteiger partial charge in [0.05, 0.1) is 21.3 Å². The molecule has 1 aromatic rings. The van der Waals surface area contributed by atoms with Crippen LogP contribution in [-0.4, -0.2) is 38.9 Å². The van der Waals surface area contributed by atoms with Gasteiger partial charge in [-0.15, -0.1) is 0 Å². The molecule has 0 radical (unpaired) electrons. The molecule has 1 fully saturated rings. The summed E-state index contributed by atoms with van der Waals surface area (Å²) in [5, 5.41) is 18.9. The van der Waals surface area contributed by atoms with Gasteiger partial charge in [-0.25, -0.2) is 0 Å². The second kappa shape index (κ2) is 7.20. The molecule has 1 aliphatic heterocycles. The van der Waals surface area contributed by atoms with Crippen LogP contribution in [-0.2, 0) is 23.8 Å². The number of methoxy groups -OCH3 is 3. The maximum atomic E-state index is 12.3. The summed E-state index contributed by atoms with van der Waals surface area (Å²) < 4.78 is 20.1. The lowest BCUT2D eigenvalue weighted by Gasteiger charge is -2.20. The molecule has 0 unspecified atom stereocenters. The molecule has 25 heavy (non-hydrogen) atoms. The fraction of sp³-hybridized carbons (Fsp3) is 0.412. The van der Waals surface area contributed by atoms with E-state index in [4.69, 9.17) is 14.2 Å². The predicted molar refractivity (Wildman–Crippen MR) is 81.8 cm³/mol. The Morgan fingerprint density at radius 3 is 2.04 bits per heavy atom. The average molecular weight is 344 g/mol. The first kappa shape index (κ1) is 18.2. The number of carbonyl (C=O) groups is 2. The third-order valence-corrected chi connectivity index (χ3v) is 4.14. The molecule has 0 saturated carbocycles. The van der Waals surface area contributed by atoms with Crippen LogP contribution in [0, 0.1) is 34.5 Å². The molecule has 2 rings (SSSR count). The van der Waals surface area contributed by atoms with Crippen molar-refractivity contribution in [1.82, 2.24) is 0 Å². The highest BCUT2D eigenvalue weighted by atomic mass is 16.6. The van der Waals surface area contributed by atoms with Crippen molar-refractivity contribution in [1.29, 1.82) is 10.5 Å². The summed E-state index contributed by atoms with van der Waals surface area (Å²) in [4.78, 5) is 24.5. The molecule has 1 heterocycles. The Kier molecular flexibility index (Phi) is 5.26. The first-order valence-corrected chi connectivity index (χ1v) is 7.28. The van der Waals surface area contributed by atoms with Crippen molar-refractivity contribution in [2.24, 2.45) is 11.8 Å². The van der Waals surface area contributed by atoms with Gasteiger partial charge in [0.15, 0.2) is 0 Å². The van der Waals surface area contributed by atoms with Gasteiger partial charge in [0, 0.05) is 0 Å². The number of ether oxygens (including phenoxy) is 4. The molecule has 0 aromatic heterocycles. The fourth-order valence-corrected chi connectivity index (χ4v) is 2.90. The molecule has 0 bridgehead atoms. The second-order valence-corrected chi connectivity index (χ2v) is 5.32. The number of carbonyl (C=O) groups excluding carboxylic acids is 2. The minimum Gasteiger partial charge on any atom is -0.497 e. The van der Waals surface area contributed by atoms with E-state index in [9.17, 15) is 20.1 Å². The number of rotatable bonds is 4. The first-order chi connectivity index (χ1) is 12.0. The highest BCUT2D eigenvalue weighted by molar-refractivity contribution is 5.85. The first-order valence-electron chi connectivity index (χ1n) is 7.28. The normalized spacial score (nSPS) is 23.8. The van der Waals surface area contributed by atoms with Gasteiger partial charge in [-0.05, 0) is 17.7 Å². The molecular weight excluding hydrogens is 328 g/mol. The molecule has 1 aromatic carbocycles. The van der Waals surface area contributed by atoms with Crippen LogP contribution < -0.4 is 4.74 Å². The Hall–Kier alpha value is -3.10. The topological polar surface area (TPSA) is 119 Å². The van der Waals surface area contributed by atoms with E-state index in [1.165, 1.54) is 7.11 Å². The molecule has 0 N–H and O–H groups in total. The zero-order chi connectivity index (χ0) is 18.6. The van der Waals surface area contributed by atoms with Crippen LogP contribution in [0.4, 0.5) is 0 Å². The van der Waals surface area contributed by atoms with Gasteiger partial charge in [-0.1, -0.05) is 12.1 Å². The summed E-state index contributed by atoms with van der Waals surface area (Å²) in [6.07, 6.45) is -1.03. The molecule has 1 aliphatic rings. The van der Waals surface area contributed by atoms with E-state index in [2.05, 4.69) is 4.74 Å². The Labute approximate surface area is 144 Å². The second-order valence-electron chi connectivity index (χ2n) is 5.32. The maximum Gasteiger partial charge on any atom is 0.314 e. The Morgan fingerprint density at radius 2 is 1.60 bits per heavy atom. The standard InChI is InChI=1S/C17H16N2O6/c1-22-11-6-4-10(5-7-11)14-12(15(20)23-2)13(16(21)24-3)17(8-18,9-19)25-14/h4-7,12-14H,1-3H3/t12-,13+,14-/m1/s1. The highest BCUT2D eigenvalue weighted by Crippen LogP contribution is 2.49. The van der Waals surface area contributed by atoms with E-state index in [0.29, 0.717) is 11.3 Å². The van der Waals surface area contributed by atoms with Gasteiger partial charge in [0.25, 0.3) is 5.60 Å². The number of nitrogens with zero attached hydrogens (tertiary/aromatic N) is 2. The Balaban J connectivity index is 2.58. The van der Waals surface area contributed by atoms with Crippen LogP contribution >= 0.6 is 0 Å². The zero-order valence-corrected chi connectivity index (χ0v) is 13.9. The number of hydrogen-bond donors (Lipinski definition) is 0. The summed E-state index contributed by atoms with van der Waals surface area (Å²) in [5.74, 6) is -3.73. The minimum atomic E-state index is -2.16. The van der Waals surface area contributed by atoms with E-state index in [1.54, 1.807) is 36.4 Å². The van der Waals surface area contributed by atoms with Crippen LogP contribution in [0.3, 0.4) is 0 Å². The van der Waals surface area contributed by atoms with E-state index in [0.717, 1.165) is 14.2 Å². The van der Waals surface area contributed by atoms with Gasteiger partial charge < -0.3 is 18.9 Å². The molecule has 1 saturated heterocycles. The molecule has 0 amide bonds. The largest absolute Gasteiger partial charge is 0.497 e. The van der Waals surface area contributed by atoms with Crippen molar-refractivity contribution >= 4 is 11.9 Å². The van der Waals surface area contributed by atoms with E-state index in [1.807, 2.05) is 0 Å². The van der Waals surface area contributed by atoms with Crippen molar-refractivity contribution in [3.8, 4) is 17.9 Å². The van der Waals surface area contributed by atoms with Crippen molar-refractivity contribution in [2.75, 3.05) is 21.3 Å². The van der Waals surface area contributed by atoms with Crippen molar-refractivity contribution in [2.45, 2.75) is 11.7 Å². The number of esters is 2. The third-order valence-electron chi connectivity index (χ3n) is 4.14. The molecule has 8 nitrogen and oxygen atoms in total. The monoisotopic (exact) mass is 344 g/mol. The minimum absolute atomic E-state index is 0.498. The molecule has 8 heteroatoms. The van der Waals surface area contributed by atoms with Gasteiger partial charge >= 0.3 is 11.9 Å². The maximum absolute atomic E-state index is 12.3. The SMILES string of the molecule is COC(=O)[C@H]1[C@@H](c2ccc(OC)cc2)OC(C#N)(C#N)[C@@H]1C(=O)OC. The molecule has 130 valence electrons. The molecule has 3 atom stereocenters. The van der Waals surface area contributed by atoms with Crippen LogP contribution in [0.1, 0.15) is 11.7 Å². The number of benzene rings is 1. The van der Waals surface area contributed by atoms with Crippen molar-refractivity contribution in [3.63, 3.8) is 0 Å². The molecule has 0 aliphatic carbocycles. The Bertz CT molecular complexity index is 732. The van der Waals surface area contributed by atoms with E-state index < -0.39 is 35.5 Å². The van der Waals surface area contributed by atoms with Crippen molar-refractivity contribution < 1.29 is 28.5 Å². The summed E-state index contributed by atoms with van der Waals surface area (Å²) in [7, 11) is 3.76. The average Bonchev–Trinajstić information content (AvgIpc) is 3.02. The summed E-state index contributed by atoms with van der Waals surface area (Å²) in [6, 6.07) is 9.94. The lowest BCUT2D eigenvalue weighted by atomic mass is 9.79. The van der Waals surface area contributed by atoms with Crippen molar-refractivity contribution in [3.05, 3.63) is 29.8 Å². The van der Waals surface area contributed by atoms with Crippen LogP contribution in [0.5, 0.6) is 5.75 Å². The number of nitriles is 2. The molecular formula is C17H16N2O6. The Morgan fingerprint density at radius 1 is 1.04 bits per heavy atom. The lowest BCUT2D eigenvalue weighted by Crippen LogP contribution is -2.42. The van der Waals surface area contributed by atoms with Gasteiger partial charge in [0.1, 0.15) is 35.8 Å². The predicted octanol–water partition coefficient (Wildman–Crippen LogP) is 1.13. The third kappa shape index (κ3) is 3.00. The van der Waals surface area contributed by atoms with Crippen LogP contribution in [0.2, 0.25) is 0 Å². The summed E-state index contributed by atoms with van der Waals surface area (Å²) >= 11 is 0. The van der Waals surface area contributed by atoms with Crippen LogP contribution in [0.25, 0.3) is 0 Å². The van der Waals surface area contributed by atoms with Gasteiger partial charge in [-0.2, -0.15) is 10.5 Å². The van der Waals surface area contributed by atoms with E-state index >= 15 is 0 Å². The summed E-state index contributed by atoms with van der Waals surface area (Å²) in [6.45, 7) is 0. The quantitative estimate of drug-likeness (QED) is 0.746. The van der Waals surface area contributed by atoms with Gasteiger partial charge in [0.2, 0.25) is 0 Å². The van der Waals surface area contributed by atoms with Crippen LogP contribution in [0.15, 0.2) is 24.3 Å². The van der Waals surface area contributed by atoms with E-state index in [-0.39, 0.29) is 0 Å². The highest BCUT2D eigenvalue weighted by Gasteiger charge is 2.63. The smallest absolute Gasteiger partial charge is 0.314 e.